The normalized spacial score (nSPS) is 19.8. The summed E-state index contributed by atoms with van der Waals surface area (Å²) >= 11 is 0. The van der Waals surface area contributed by atoms with Crippen molar-refractivity contribution in [3.05, 3.63) is 35.4 Å². The third-order valence-electron chi connectivity index (χ3n) is 3.52. The first-order chi connectivity index (χ1) is 7.55. The number of alkyl halides is 1. The molecule has 0 atom stereocenters. The van der Waals surface area contributed by atoms with Crippen LogP contribution in [-0.2, 0) is 12.1 Å². The fraction of sp³-hybridized carbons (Fsp3) is 0.571. The number of rotatable bonds is 3. The number of halogens is 1. The Morgan fingerprint density at radius 1 is 1.25 bits per heavy atom. The molecule has 0 N–H and O–H groups in total. The first-order valence-electron chi connectivity index (χ1n) is 6.07. The third kappa shape index (κ3) is 1.99. The summed E-state index contributed by atoms with van der Waals surface area (Å²) in [7, 11) is 0. The summed E-state index contributed by atoms with van der Waals surface area (Å²) in [5, 5.41) is 0. The molecule has 1 heterocycles. The second kappa shape index (κ2) is 4.17. The van der Waals surface area contributed by atoms with Crippen LogP contribution in [0.3, 0.4) is 0 Å². The summed E-state index contributed by atoms with van der Waals surface area (Å²) in [5.74, 6) is 0. The van der Waals surface area contributed by atoms with Gasteiger partial charge in [0.1, 0.15) is 0 Å². The Bertz CT molecular complexity index is 350. The van der Waals surface area contributed by atoms with Gasteiger partial charge in [-0.1, -0.05) is 31.2 Å². The van der Waals surface area contributed by atoms with Crippen molar-refractivity contribution in [3.63, 3.8) is 0 Å². The number of hydrogen-bond donors (Lipinski definition) is 0. The van der Waals surface area contributed by atoms with Crippen molar-refractivity contribution in [2.75, 3.05) is 13.1 Å². The van der Waals surface area contributed by atoms with Gasteiger partial charge >= 0.3 is 0 Å². The van der Waals surface area contributed by atoms with Crippen molar-refractivity contribution in [2.24, 2.45) is 0 Å². The Hall–Kier alpha value is -0.890. The van der Waals surface area contributed by atoms with E-state index in [9.17, 15) is 4.39 Å². The number of nitrogens with zero attached hydrogens (tertiary/aromatic N) is 1. The summed E-state index contributed by atoms with van der Waals surface area (Å²) in [4.78, 5) is 2.16. The third-order valence-corrected chi connectivity index (χ3v) is 3.52. The molecular formula is C14H20FN. The predicted molar refractivity (Wildman–Crippen MR) is 65.3 cm³/mol. The van der Waals surface area contributed by atoms with Crippen LogP contribution in [0, 0.1) is 0 Å². The highest BCUT2D eigenvalue weighted by Crippen LogP contribution is 2.37. The molecule has 2 heteroatoms. The number of likely N-dealkylation sites (tertiary alicyclic amines) is 1. The lowest BCUT2D eigenvalue weighted by molar-refractivity contribution is -0.0541. The highest BCUT2D eigenvalue weighted by atomic mass is 19.1. The van der Waals surface area contributed by atoms with Crippen molar-refractivity contribution < 1.29 is 4.39 Å². The molecule has 1 aromatic carbocycles. The maximum absolute atomic E-state index is 14.4. The van der Waals surface area contributed by atoms with E-state index in [4.69, 9.17) is 0 Å². The maximum Gasteiger partial charge on any atom is 0.161 e. The lowest BCUT2D eigenvalue weighted by Gasteiger charge is -2.47. The number of hydrogen-bond acceptors (Lipinski definition) is 1. The maximum atomic E-state index is 14.4. The van der Waals surface area contributed by atoms with Crippen LogP contribution in [0.5, 0.6) is 0 Å². The summed E-state index contributed by atoms with van der Waals surface area (Å²) in [6.07, 6.45) is 1.01. The first-order valence-corrected chi connectivity index (χ1v) is 6.07. The molecule has 88 valence electrons. The molecule has 0 saturated carbocycles. The van der Waals surface area contributed by atoms with Crippen LogP contribution in [-0.4, -0.2) is 24.0 Å². The first kappa shape index (κ1) is 11.6. The van der Waals surface area contributed by atoms with E-state index in [0.717, 1.165) is 12.0 Å². The highest BCUT2D eigenvalue weighted by molar-refractivity contribution is 5.30. The fourth-order valence-corrected chi connectivity index (χ4v) is 2.18. The molecule has 0 radical (unpaired) electrons. The summed E-state index contributed by atoms with van der Waals surface area (Å²) in [5.41, 5.74) is 0.991. The Morgan fingerprint density at radius 2 is 1.81 bits per heavy atom. The molecule has 0 unspecified atom stereocenters. The predicted octanol–water partition coefficient (Wildman–Crippen LogP) is 3.14. The van der Waals surface area contributed by atoms with Crippen molar-refractivity contribution in [2.45, 2.75) is 38.9 Å². The molecule has 2 rings (SSSR count). The molecular weight excluding hydrogens is 201 g/mol. The quantitative estimate of drug-likeness (QED) is 0.758. The highest BCUT2D eigenvalue weighted by Gasteiger charge is 2.45. The minimum atomic E-state index is -1.11. The zero-order valence-electron chi connectivity index (χ0n) is 10.3. The second-order valence-corrected chi connectivity index (χ2v) is 5.01. The molecule has 1 aliphatic heterocycles. The molecule has 1 fully saturated rings. The second-order valence-electron chi connectivity index (χ2n) is 5.01. The summed E-state index contributed by atoms with van der Waals surface area (Å²) in [6.45, 7) is 7.41. The van der Waals surface area contributed by atoms with Crippen LogP contribution in [0.25, 0.3) is 0 Å². The van der Waals surface area contributed by atoms with Crippen molar-refractivity contribution in [3.8, 4) is 0 Å². The number of aryl methyl sites for hydroxylation is 1. The molecule has 0 amide bonds. The summed E-state index contributed by atoms with van der Waals surface area (Å²) in [6, 6.07) is 8.40. The summed E-state index contributed by atoms with van der Waals surface area (Å²) < 4.78 is 14.4. The molecule has 0 bridgehead atoms. The van der Waals surface area contributed by atoms with E-state index < -0.39 is 5.67 Å². The van der Waals surface area contributed by atoms with Gasteiger partial charge in [0, 0.05) is 19.1 Å². The monoisotopic (exact) mass is 221 g/mol. The molecule has 0 aliphatic carbocycles. The van der Waals surface area contributed by atoms with Gasteiger partial charge in [0.2, 0.25) is 0 Å². The molecule has 0 spiro atoms. The molecule has 1 aromatic rings. The van der Waals surface area contributed by atoms with Crippen LogP contribution in [0.15, 0.2) is 24.3 Å². The van der Waals surface area contributed by atoms with Gasteiger partial charge in [0.25, 0.3) is 0 Å². The van der Waals surface area contributed by atoms with Crippen LogP contribution in [0.4, 0.5) is 4.39 Å². The Kier molecular flexibility index (Phi) is 3.02. The van der Waals surface area contributed by atoms with Crippen molar-refractivity contribution >= 4 is 0 Å². The Labute approximate surface area is 97.3 Å². The van der Waals surface area contributed by atoms with Gasteiger partial charge in [0.05, 0.1) is 0 Å². The molecule has 1 saturated heterocycles. The van der Waals surface area contributed by atoms with Crippen LogP contribution >= 0.6 is 0 Å². The Morgan fingerprint density at radius 3 is 2.25 bits per heavy atom. The lowest BCUT2D eigenvalue weighted by atomic mass is 9.86. The molecule has 0 aromatic heterocycles. The van der Waals surface area contributed by atoms with E-state index in [1.165, 1.54) is 5.56 Å². The minimum Gasteiger partial charge on any atom is -0.294 e. The standard InChI is InChI=1S/C14H20FN/c1-4-12-5-7-13(8-6-12)14(15)9-16(10-14)11(2)3/h5-8,11H,4,9-10H2,1-3H3. The topological polar surface area (TPSA) is 3.24 Å². The van der Waals surface area contributed by atoms with Gasteiger partial charge in [-0.25, -0.2) is 4.39 Å². The average Bonchev–Trinajstić information content (AvgIpc) is 2.24. The van der Waals surface area contributed by atoms with Gasteiger partial charge in [-0.3, -0.25) is 4.90 Å². The zero-order valence-corrected chi connectivity index (χ0v) is 10.3. The minimum absolute atomic E-state index is 0.443. The van der Waals surface area contributed by atoms with E-state index in [2.05, 4.69) is 25.7 Å². The lowest BCUT2D eigenvalue weighted by Crippen LogP contribution is -2.58. The Balaban J connectivity index is 2.08. The van der Waals surface area contributed by atoms with Crippen molar-refractivity contribution in [1.82, 2.24) is 4.90 Å². The average molecular weight is 221 g/mol. The smallest absolute Gasteiger partial charge is 0.161 e. The molecule has 1 aliphatic rings. The van der Waals surface area contributed by atoms with Gasteiger partial charge in [-0.05, 0) is 31.4 Å². The van der Waals surface area contributed by atoms with Crippen LogP contribution in [0.1, 0.15) is 31.9 Å². The van der Waals surface area contributed by atoms with Gasteiger partial charge in [-0.15, -0.1) is 0 Å². The molecule has 1 nitrogen and oxygen atoms in total. The van der Waals surface area contributed by atoms with E-state index in [0.29, 0.717) is 19.1 Å². The van der Waals surface area contributed by atoms with Gasteiger partial charge in [-0.2, -0.15) is 0 Å². The van der Waals surface area contributed by atoms with E-state index in [-0.39, 0.29) is 0 Å². The molecule has 16 heavy (non-hydrogen) atoms. The van der Waals surface area contributed by atoms with E-state index in [1.807, 2.05) is 24.3 Å². The zero-order chi connectivity index (χ0) is 11.8. The fourth-order valence-electron chi connectivity index (χ4n) is 2.18. The van der Waals surface area contributed by atoms with Gasteiger partial charge in [0.15, 0.2) is 5.67 Å². The van der Waals surface area contributed by atoms with E-state index in [1.54, 1.807) is 0 Å². The van der Waals surface area contributed by atoms with Gasteiger partial charge < -0.3 is 0 Å². The largest absolute Gasteiger partial charge is 0.294 e. The van der Waals surface area contributed by atoms with E-state index >= 15 is 0 Å². The van der Waals surface area contributed by atoms with Crippen LogP contribution in [0.2, 0.25) is 0 Å². The number of benzene rings is 1. The SMILES string of the molecule is CCc1ccc(C2(F)CN(C(C)C)C2)cc1. The van der Waals surface area contributed by atoms with Crippen molar-refractivity contribution in [1.29, 1.82) is 0 Å². The van der Waals surface area contributed by atoms with Crippen LogP contribution < -0.4 is 0 Å².